The van der Waals surface area contributed by atoms with E-state index in [2.05, 4.69) is 0 Å². The predicted octanol–water partition coefficient (Wildman–Crippen LogP) is 2.28. The quantitative estimate of drug-likeness (QED) is 0.770. The van der Waals surface area contributed by atoms with Crippen LogP contribution in [0.2, 0.25) is 0 Å². The molecule has 0 aliphatic rings. The molecule has 1 N–H and O–H groups in total. The molecule has 0 aromatic heterocycles. The number of hydrogen-bond donors (Lipinski definition) is 1. The molecule has 0 saturated heterocycles. The van der Waals surface area contributed by atoms with Gasteiger partial charge in [-0.3, -0.25) is 4.79 Å². The van der Waals surface area contributed by atoms with Gasteiger partial charge in [0.25, 0.3) is 0 Å². The fourth-order valence-corrected chi connectivity index (χ4v) is 2.48. The van der Waals surface area contributed by atoms with E-state index in [-0.39, 0.29) is 5.75 Å². The first-order chi connectivity index (χ1) is 9.97. The van der Waals surface area contributed by atoms with Crippen molar-refractivity contribution >= 4 is 34.3 Å². The Kier molecular flexibility index (Phi) is 7.31. The maximum absolute atomic E-state index is 10.5. The minimum atomic E-state index is -0.865. The molecule has 0 heterocycles. The summed E-state index contributed by atoms with van der Waals surface area (Å²) in [5.41, 5.74) is 1.10. The molecule has 1 aromatic rings. The van der Waals surface area contributed by atoms with Gasteiger partial charge in [0.2, 0.25) is 0 Å². The van der Waals surface area contributed by atoms with Crippen LogP contribution in [0.4, 0.5) is 0 Å². The summed E-state index contributed by atoms with van der Waals surface area (Å²) in [6.45, 7) is 0.709. The lowest BCUT2D eigenvalue weighted by Crippen LogP contribution is -2.25. The molecule has 0 aliphatic heterocycles. The largest absolute Gasteiger partial charge is 0.493 e. The maximum Gasteiger partial charge on any atom is 0.313 e. The molecular formula is C14H19NO4S2. The van der Waals surface area contributed by atoms with E-state index >= 15 is 0 Å². The highest BCUT2D eigenvalue weighted by Gasteiger charge is 2.09. The number of benzene rings is 1. The van der Waals surface area contributed by atoms with Crippen LogP contribution in [-0.2, 0) is 11.2 Å². The number of rotatable bonds is 7. The Morgan fingerprint density at radius 3 is 2.57 bits per heavy atom. The van der Waals surface area contributed by atoms with Gasteiger partial charge in [0.1, 0.15) is 4.32 Å². The first-order valence-electron chi connectivity index (χ1n) is 6.28. The van der Waals surface area contributed by atoms with Gasteiger partial charge in [0.15, 0.2) is 11.5 Å². The molecule has 0 aliphatic carbocycles. The van der Waals surface area contributed by atoms with Crippen molar-refractivity contribution in [3.63, 3.8) is 0 Å². The summed E-state index contributed by atoms with van der Waals surface area (Å²) in [5.74, 6) is 0.512. The van der Waals surface area contributed by atoms with E-state index in [1.54, 1.807) is 14.2 Å². The van der Waals surface area contributed by atoms with Gasteiger partial charge in [0, 0.05) is 13.6 Å². The molecule has 0 radical (unpaired) electrons. The maximum atomic E-state index is 10.5. The van der Waals surface area contributed by atoms with E-state index in [0.29, 0.717) is 22.4 Å². The summed E-state index contributed by atoms with van der Waals surface area (Å²) in [6.07, 6.45) is 0.782. The van der Waals surface area contributed by atoms with Crippen molar-refractivity contribution in [2.75, 3.05) is 33.6 Å². The Hall–Kier alpha value is -1.47. The average molecular weight is 329 g/mol. The number of ether oxygens (including phenoxy) is 2. The molecule has 0 atom stereocenters. The van der Waals surface area contributed by atoms with Crippen LogP contribution in [-0.4, -0.2) is 53.9 Å². The van der Waals surface area contributed by atoms with Crippen LogP contribution < -0.4 is 9.47 Å². The van der Waals surface area contributed by atoms with Crippen molar-refractivity contribution in [1.29, 1.82) is 0 Å². The Bertz CT molecular complexity index is 508. The predicted molar refractivity (Wildman–Crippen MR) is 88.6 cm³/mol. The van der Waals surface area contributed by atoms with Crippen molar-refractivity contribution in [3.05, 3.63) is 23.8 Å². The fraction of sp³-hybridized carbons (Fsp3) is 0.429. The van der Waals surface area contributed by atoms with Gasteiger partial charge >= 0.3 is 5.97 Å². The van der Waals surface area contributed by atoms with Crippen molar-refractivity contribution in [2.24, 2.45) is 0 Å². The standard InChI is InChI=1S/C14H19NO4S2/c1-15(14(20)21-9-13(16)17)7-6-10-4-5-11(18-2)12(8-10)19-3/h4-5,8H,6-7,9H2,1-3H3,(H,16,17). The third-order valence-electron chi connectivity index (χ3n) is 2.81. The first kappa shape index (κ1) is 17.6. The summed E-state index contributed by atoms with van der Waals surface area (Å²) < 4.78 is 11.0. The van der Waals surface area contributed by atoms with E-state index in [1.807, 2.05) is 30.1 Å². The number of methoxy groups -OCH3 is 2. The molecule has 21 heavy (non-hydrogen) atoms. The molecule has 0 amide bonds. The first-order valence-corrected chi connectivity index (χ1v) is 7.68. The van der Waals surface area contributed by atoms with Crippen LogP contribution >= 0.6 is 24.0 Å². The zero-order valence-electron chi connectivity index (χ0n) is 12.3. The molecule has 0 fully saturated rings. The third-order valence-corrected chi connectivity index (χ3v) is 4.43. The van der Waals surface area contributed by atoms with Gasteiger partial charge in [-0.2, -0.15) is 0 Å². The Balaban J connectivity index is 2.54. The molecule has 5 nitrogen and oxygen atoms in total. The number of carboxylic acids is 1. The number of carbonyl (C=O) groups is 1. The summed E-state index contributed by atoms with van der Waals surface area (Å²) in [5, 5.41) is 8.63. The minimum Gasteiger partial charge on any atom is -0.493 e. The van der Waals surface area contributed by atoms with Crippen molar-refractivity contribution in [2.45, 2.75) is 6.42 Å². The summed E-state index contributed by atoms with van der Waals surface area (Å²) >= 11 is 6.33. The lowest BCUT2D eigenvalue weighted by atomic mass is 10.1. The molecule has 7 heteroatoms. The van der Waals surface area contributed by atoms with Crippen LogP contribution in [0.1, 0.15) is 5.56 Å². The smallest absolute Gasteiger partial charge is 0.313 e. The average Bonchev–Trinajstić information content (AvgIpc) is 2.49. The van der Waals surface area contributed by atoms with E-state index in [0.717, 1.165) is 23.7 Å². The van der Waals surface area contributed by atoms with E-state index < -0.39 is 5.97 Å². The van der Waals surface area contributed by atoms with Gasteiger partial charge in [-0.15, -0.1) is 0 Å². The minimum absolute atomic E-state index is 0.0144. The summed E-state index contributed by atoms with van der Waals surface area (Å²) in [4.78, 5) is 12.4. The normalized spacial score (nSPS) is 10.0. The molecule has 0 bridgehead atoms. The molecule has 0 spiro atoms. The van der Waals surface area contributed by atoms with Gasteiger partial charge in [-0.1, -0.05) is 30.0 Å². The number of nitrogens with zero attached hydrogens (tertiary/aromatic N) is 1. The second kappa shape index (κ2) is 8.74. The lowest BCUT2D eigenvalue weighted by Gasteiger charge is -2.19. The Morgan fingerprint density at radius 2 is 2.00 bits per heavy atom. The fourth-order valence-electron chi connectivity index (χ4n) is 1.66. The number of aliphatic carboxylic acids is 1. The number of thiocarbonyl (C=S) groups is 1. The van der Waals surface area contributed by atoms with Crippen molar-refractivity contribution in [1.82, 2.24) is 4.90 Å². The van der Waals surface area contributed by atoms with Crippen molar-refractivity contribution in [3.8, 4) is 11.5 Å². The number of likely N-dealkylation sites (N-methyl/N-ethyl adjacent to an activating group) is 1. The second-order valence-electron chi connectivity index (χ2n) is 4.31. The van der Waals surface area contributed by atoms with Crippen LogP contribution in [0.3, 0.4) is 0 Å². The van der Waals surface area contributed by atoms with Gasteiger partial charge in [0.05, 0.1) is 20.0 Å². The van der Waals surface area contributed by atoms with Gasteiger partial charge in [-0.25, -0.2) is 0 Å². The molecule has 0 unspecified atom stereocenters. The SMILES string of the molecule is COc1ccc(CCN(C)C(=S)SCC(=O)O)cc1OC. The topological polar surface area (TPSA) is 59.0 Å². The number of hydrogen-bond acceptors (Lipinski definition) is 5. The van der Waals surface area contributed by atoms with Crippen LogP contribution in [0.15, 0.2) is 18.2 Å². The molecule has 0 saturated carbocycles. The monoisotopic (exact) mass is 329 g/mol. The number of carboxylic acid groups (broad SMARTS) is 1. The molecule has 1 rings (SSSR count). The molecular weight excluding hydrogens is 310 g/mol. The highest BCUT2D eigenvalue weighted by Crippen LogP contribution is 2.27. The molecule has 116 valence electrons. The second-order valence-corrected chi connectivity index (χ2v) is 5.92. The van der Waals surface area contributed by atoms with E-state index in [1.165, 1.54) is 0 Å². The lowest BCUT2D eigenvalue weighted by molar-refractivity contribution is -0.133. The Morgan fingerprint density at radius 1 is 1.33 bits per heavy atom. The summed E-state index contributed by atoms with van der Waals surface area (Å²) in [6, 6.07) is 5.77. The van der Waals surface area contributed by atoms with Crippen LogP contribution in [0, 0.1) is 0 Å². The molecule has 1 aromatic carbocycles. The zero-order chi connectivity index (χ0) is 15.8. The highest BCUT2D eigenvalue weighted by molar-refractivity contribution is 8.23. The Labute approximate surface area is 134 Å². The number of thioether (sulfide) groups is 1. The van der Waals surface area contributed by atoms with E-state index in [4.69, 9.17) is 26.8 Å². The summed E-state index contributed by atoms with van der Waals surface area (Å²) in [7, 11) is 5.06. The van der Waals surface area contributed by atoms with Gasteiger partial charge in [-0.05, 0) is 24.1 Å². The van der Waals surface area contributed by atoms with Crippen LogP contribution in [0.25, 0.3) is 0 Å². The highest BCUT2D eigenvalue weighted by atomic mass is 32.2. The van der Waals surface area contributed by atoms with Crippen LogP contribution in [0.5, 0.6) is 11.5 Å². The van der Waals surface area contributed by atoms with E-state index in [9.17, 15) is 4.79 Å². The van der Waals surface area contributed by atoms with Crippen molar-refractivity contribution < 1.29 is 19.4 Å². The zero-order valence-corrected chi connectivity index (χ0v) is 13.9. The van der Waals surface area contributed by atoms with Gasteiger partial charge < -0.3 is 19.5 Å². The third kappa shape index (κ3) is 5.81.